The van der Waals surface area contributed by atoms with E-state index in [2.05, 4.69) is 58.2 Å². The molecule has 160 valence electrons. The highest BCUT2D eigenvalue weighted by Gasteiger charge is 2.27. The van der Waals surface area contributed by atoms with Crippen LogP contribution in [0.25, 0.3) is 0 Å². The first-order valence-electron chi connectivity index (χ1n) is 10.6. The summed E-state index contributed by atoms with van der Waals surface area (Å²) >= 11 is 0. The number of carboxylic acid groups (broad SMARTS) is 1. The van der Waals surface area contributed by atoms with Crippen LogP contribution in [0.15, 0.2) is 72.9 Å². The van der Waals surface area contributed by atoms with Gasteiger partial charge in [0.1, 0.15) is 5.82 Å². The summed E-state index contributed by atoms with van der Waals surface area (Å²) in [4.78, 5) is 15.5. The van der Waals surface area contributed by atoms with Gasteiger partial charge in [0, 0.05) is 19.3 Å². The second kappa shape index (κ2) is 9.62. The van der Waals surface area contributed by atoms with Crippen LogP contribution >= 0.6 is 0 Å². The third kappa shape index (κ3) is 5.22. The van der Waals surface area contributed by atoms with Crippen LogP contribution in [-0.2, 0) is 11.2 Å². The van der Waals surface area contributed by atoms with Crippen LogP contribution in [0, 0.1) is 0 Å². The molecule has 0 amide bonds. The number of carboxylic acids is 1. The van der Waals surface area contributed by atoms with E-state index in [9.17, 15) is 4.79 Å². The van der Waals surface area contributed by atoms with Gasteiger partial charge in [-0.3, -0.25) is 4.79 Å². The number of hydrogen-bond acceptors (Lipinski definition) is 5. The lowest BCUT2D eigenvalue weighted by Gasteiger charge is -2.35. The molecule has 0 unspecified atom stereocenters. The van der Waals surface area contributed by atoms with Gasteiger partial charge >= 0.3 is 5.97 Å². The van der Waals surface area contributed by atoms with E-state index in [0.717, 1.165) is 35.7 Å². The predicted molar refractivity (Wildman–Crippen MR) is 124 cm³/mol. The molecular weight excluding hydrogens is 388 g/mol. The number of fused-ring (bicyclic) bond motifs is 1. The number of anilines is 2. The number of nitrogens with one attached hydrogen (secondary N) is 3. The highest BCUT2D eigenvalue weighted by atomic mass is 16.4. The maximum atomic E-state index is 11.1. The van der Waals surface area contributed by atoms with Crippen LogP contribution in [-0.4, -0.2) is 35.2 Å². The quantitative estimate of drug-likeness (QED) is 0.443. The van der Waals surface area contributed by atoms with E-state index in [1.807, 2.05) is 36.4 Å². The molecule has 1 aliphatic heterocycles. The Labute approximate surface area is 182 Å². The molecule has 1 aliphatic rings. The predicted octanol–water partition coefficient (Wildman–Crippen LogP) is 4.05. The summed E-state index contributed by atoms with van der Waals surface area (Å²) in [5.74, 6) is 0.301. The summed E-state index contributed by atoms with van der Waals surface area (Å²) in [7, 11) is 0. The second-order valence-electron chi connectivity index (χ2n) is 8.04. The minimum atomic E-state index is -0.808. The van der Waals surface area contributed by atoms with Gasteiger partial charge in [0.15, 0.2) is 0 Å². The van der Waals surface area contributed by atoms with Crippen molar-refractivity contribution in [1.29, 1.82) is 0 Å². The molecule has 4 N–H and O–H groups in total. The Kier molecular flexibility index (Phi) is 6.48. The maximum Gasteiger partial charge on any atom is 0.307 e. The van der Waals surface area contributed by atoms with Crippen LogP contribution in [0.2, 0.25) is 0 Å². The zero-order valence-corrected chi connectivity index (χ0v) is 17.6. The molecule has 3 aromatic rings. The summed E-state index contributed by atoms with van der Waals surface area (Å²) in [6, 6.07) is 22.5. The smallest absolute Gasteiger partial charge is 0.307 e. The largest absolute Gasteiger partial charge is 0.481 e. The average molecular weight is 417 g/mol. The number of pyridine rings is 1. The second-order valence-corrected chi connectivity index (χ2v) is 8.04. The standard InChI is InChI=1S/C25H28N4O2/c1-17(20-10-5-7-18(13-20)14-23(30)31)15-28-24(19-8-3-2-4-9-19)22-16-27-21-11-6-12-26-25(21)29-22/h2-13,17,22,24,27-28H,14-16H2,1H3,(H,26,29)(H,30,31)/t17-,22-,24+/m1/s1. The van der Waals surface area contributed by atoms with Crippen molar-refractivity contribution in [3.63, 3.8) is 0 Å². The molecule has 0 saturated carbocycles. The Hall–Kier alpha value is -3.38. The number of benzene rings is 2. The minimum Gasteiger partial charge on any atom is -0.481 e. The van der Waals surface area contributed by atoms with Crippen LogP contribution in [0.4, 0.5) is 11.5 Å². The number of aliphatic carboxylic acids is 1. The molecule has 6 heteroatoms. The van der Waals surface area contributed by atoms with Crippen LogP contribution in [0.3, 0.4) is 0 Å². The molecule has 2 heterocycles. The first-order valence-corrected chi connectivity index (χ1v) is 10.6. The summed E-state index contributed by atoms with van der Waals surface area (Å²) in [6.07, 6.45) is 1.84. The third-order valence-corrected chi connectivity index (χ3v) is 5.72. The van der Waals surface area contributed by atoms with Gasteiger partial charge in [0.05, 0.1) is 24.2 Å². The number of hydrogen-bond donors (Lipinski definition) is 4. The molecule has 0 saturated heterocycles. The van der Waals surface area contributed by atoms with Crippen molar-refractivity contribution < 1.29 is 9.90 Å². The third-order valence-electron chi connectivity index (χ3n) is 5.72. The molecule has 6 nitrogen and oxygen atoms in total. The molecule has 0 spiro atoms. The van der Waals surface area contributed by atoms with Gasteiger partial charge in [-0.1, -0.05) is 61.5 Å². The fraction of sp³-hybridized carbons (Fsp3) is 0.280. The van der Waals surface area contributed by atoms with E-state index in [4.69, 9.17) is 5.11 Å². The highest BCUT2D eigenvalue weighted by Crippen LogP contribution is 2.29. The van der Waals surface area contributed by atoms with Gasteiger partial charge < -0.3 is 21.1 Å². The number of carbonyl (C=O) groups is 1. The van der Waals surface area contributed by atoms with Crippen LogP contribution < -0.4 is 16.0 Å². The molecular formula is C25H28N4O2. The highest BCUT2D eigenvalue weighted by molar-refractivity contribution is 5.70. The molecule has 1 aromatic heterocycles. The summed E-state index contributed by atoms with van der Waals surface area (Å²) in [6.45, 7) is 3.72. The van der Waals surface area contributed by atoms with Crippen molar-refractivity contribution in [3.8, 4) is 0 Å². The zero-order chi connectivity index (χ0) is 21.6. The van der Waals surface area contributed by atoms with Crippen molar-refractivity contribution in [2.75, 3.05) is 23.7 Å². The van der Waals surface area contributed by atoms with Crippen LogP contribution in [0.1, 0.15) is 35.6 Å². The molecule has 0 aliphatic carbocycles. The number of nitrogens with zero attached hydrogens (tertiary/aromatic N) is 1. The molecule has 4 rings (SSSR count). The van der Waals surface area contributed by atoms with Crippen molar-refractivity contribution >= 4 is 17.5 Å². The Morgan fingerprint density at radius 1 is 1.13 bits per heavy atom. The molecule has 31 heavy (non-hydrogen) atoms. The fourth-order valence-corrected chi connectivity index (χ4v) is 4.07. The fourth-order valence-electron chi connectivity index (χ4n) is 4.07. The summed E-state index contributed by atoms with van der Waals surface area (Å²) in [5.41, 5.74) is 4.21. The van der Waals surface area contributed by atoms with Gasteiger partial charge in [-0.25, -0.2) is 4.98 Å². The van der Waals surface area contributed by atoms with E-state index >= 15 is 0 Å². The van der Waals surface area contributed by atoms with E-state index in [-0.39, 0.29) is 24.4 Å². The van der Waals surface area contributed by atoms with E-state index in [0.29, 0.717) is 0 Å². The van der Waals surface area contributed by atoms with Crippen LogP contribution in [0.5, 0.6) is 0 Å². The van der Waals surface area contributed by atoms with E-state index in [1.54, 1.807) is 6.20 Å². The van der Waals surface area contributed by atoms with E-state index < -0.39 is 5.97 Å². The lowest BCUT2D eigenvalue weighted by atomic mass is 9.94. The monoisotopic (exact) mass is 416 g/mol. The van der Waals surface area contributed by atoms with Gasteiger partial charge in [-0.05, 0) is 34.7 Å². The molecule has 2 aromatic carbocycles. The SMILES string of the molecule is C[C@H](CN[C@@H](c1ccccc1)[C@H]1CNc2cccnc2N1)c1cccc(CC(=O)O)c1. The summed E-state index contributed by atoms with van der Waals surface area (Å²) < 4.78 is 0. The van der Waals surface area contributed by atoms with Gasteiger partial charge in [0.25, 0.3) is 0 Å². The van der Waals surface area contributed by atoms with Crippen molar-refractivity contribution in [3.05, 3.63) is 89.6 Å². The van der Waals surface area contributed by atoms with Crippen molar-refractivity contribution in [2.24, 2.45) is 0 Å². The molecule has 0 radical (unpaired) electrons. The Morgan fingerprint density at radius 2 is 1.94 bits per heavy atom. The molecule has 3 atom stereocenters. The van der Waals surface area contributed by atoms with Gasteiger partial charge in [0.2, 0.25) is 0 Å². The molecule has 0 bridgehead atoms. The van der Waals surface area contributed by atoms with Gasteiger partial charge in [-0.15, -0.1) is 0 Å². The Balaban J connectivity index is 1.49. The van der Waals surface area contributed by atoms with Crippen molar-refractivity contribution in [1.82, 2.24) is 10.3 Å². The Bertz CT molecular complexity index is 1020. The van der Waals surface area contributed by atoms with Gasteiger partial charge in [-0.2, -0.15) is 0 Å². The Morgan fingerprint density at radius 3 is 2.74 bits per heavy atom. The first kappa shape index (κ1) is 20.9. The van der Waals surface area contributed by atoms with Crippen molar-refractivity contribution in [2.45, 2.75) is 31.3 Å². The zero-order valence-electron chi connectivity index (χ0n) is 17.6. The number of aromatic nitrogens is 1. The average Bonchev–Trinajstić information content (AvgIpc) is 2.79. The first-order chi connectivity index (χ1) is 15.1. The molecule has 0 fully saturated rings. The lowest BCUT2D eigenvalue weighted by molar-refractivity contribution is -0.136. The normalized spacial score (nSPS) is 17.0. The topological polar surface area (TPSA) is 86.3 Å². The lowest BCUT2D eigenvalue weighted by Crippen LogP contribution is -2.45. The minimum absolute atomic E-state index is 0.0463. The maximum absolute atomic E-state index is 11.1. The van der Waals surface area contributed by atoms with E-state index in [1.165, 1.54) is 5.56 Å². The number of rotatable bonds is 8. The summed E-state index contributed by atoms with van der Waals surface area (Å²) in [5, 5.41) is 19.9.